The lowest BCUT2D eigenvalue weighted by Gasteiger charge is -2.38. The first kappa shape index (κ1) is 21.4. The molecule has 0 aromatic heterocycles. The Morgan fingerprint density at radius 1 is 0.875 bits per heavy atom. The molecule has 166 valence electrons. The number of hydrogen-bond acceptors (Lipinski definition) is 4. The Morgan fingerprint density at radius 3 is 2.03 bits per heavy atom. The molecule has 3 fully saturated rings. The zero-order valence-electron chi connectivity index (χ0n) is 18.2. The molecule has 3 atom stereocenters. The van der Waals surface area contributed by atoms with Crippen molar-refractivity contribution >= 4 is 46.6 Å². The maximum absolute atomic E-state index is 13.9. The Balaban J connectivity index is 1.73. The second-order valence-electron chi connectivity index (χ2n) is 9.38. The third-order valence-corrected chi connectivity index (χ3v) is 7.50. The van der Waals surface area contributed by atoms with Crippen LogP contribution >= 0.6 is 23.2 Å². The number of hydrogen-bond donors (Lipinski definition) is 0. The molecule has 2 aromatic rings. The van der Waals surface area contributed by atoms with Gasteiger partial charge in [-0.1, -0.05) is 47.5 Å². The van der Waals surface area contributed by atoms with Gasteiger partial charge in [-0.3, -0.25) is 19.4 Å². The van der Waals surface area contributed by atoms with Gasteiger partial charge in [-0.05, 0) is 51.0 Å². The van der Waals surface area contributed by atoms with Crippen LogP contribution in [0, 0.1) is 19.8 Å². The van der Waals surface area contributed by atoms with Gasteiger partial charge in [-0.2, -0.15) is 0 Å². The van der Waals surface area contributed by atoms with Gasteiger partial charge in [0, 0.05) is 27.6 Å². The summed E-state index contributed by atoms with van der Waals surface area (Å²) in [6, 6.07) is 9.25. The van der Waals surface area contributed by atoms with Crippen molar-refractivity contribution in [3.8, 4) is 0 Å². The monoisotopic (exact) mass is 471 g/mol. The fraction of sp³-hybridized carbons (Fsp3) is 0.375. The predicted molar refractivity (Wildman–Crippen MR) is 122 cm³/mol. The number of imide groups is 1. The van der Waals surface area contributed by atoms with Crippen LogP contribution in [0.4, 0.5) is 5.69 Å². The van der Waals surface area contributed by atoms with Gasteiger partial charge in [0.2, 0.25) is 11.8 Å². The Hall–Kier alpha value is -2.41. The number of benzene rings is 2. The number of amides is 3. The van der Waals surface area contributed by atoms with E-state index in [1.54, 1.807) is 18.2 Å². The second kappa shape index (κ2) is 7.04. The molecule has 32 heavy (non-hydrogen) atoms. The topological polar surface area (TPSA) is 60.9 Å². The Labute approximate surface area is 196 Å². The van der Waals surface area contributed by atoms with E-state index in [-0.39, 0.29) is 24.1 Å². The summed E-state index contributed by atoms with van der Waals surface area (Å²) in [5.41, 5.74) is 2.20. The molecular weight excluding hydrogens is 449 g/mol. The molecule has 8 heteroatoms. The number of anilines is 1. The van der Waals surface area contributed by atoms with Crippen molar-refractivity contribution in [3.05, 3.63) is 63.1 Å². The summed E-state index contributed by atoms with van der Waals surface area (Å²) in [5.74, 6) is -1.71. The number of carbonyl (C=O) groups is 3. The first-order valence-corrected chi connectivity index (χ1v) is 11.3. The molecule has 0 radical (unpaired) electrons. The molecule has 5 rings (SSSR count). The average Bonchev–Trinajstić information content (AvgIpc) is 3.25. The highest BCUT2D eigenvalue weighted by atomic mass is 35.5. The fourth-order valence-electron chi connectivity index (χ4n) is 5.61. The van der Waals surface area contributed by atoms with Crippen LogP contribution in [0.5, 0.6) is 0 Å². The number of nitrogens with zero attached hydrogens (tertiary/aromatic N) is 3. The van der Waals surface area contributed by atoms with E-state index in [1.165, 1.54) is 9.91 Å². The normalized spacial score (nSPS) is 26.8. The predicted octanol–water partition coefficient (Wildman–Crippen LogP) is 4.45. The summed E-state index contributed by atoms with van der Waals surface area (Å²) in [4.78, 5) is 42.1. The summed E-state index contributed by atoms with van der Waals surface area (Å²) in [6.45, 7) is 7.61. The largest absolute Gasteiger partial charge is 0.274 e. The number of aryl methyl sites for hydroxylation is 2. The van der Waals surface area contributed by atoms with Crippen molar-refractivity contribution in [2.45, 2.75) is 51.7 Å². The smallest absolute Gasteiger partial charge is 0.259 e. The minimum Gasteiger partial charge on any atom is -0.274 e. The van der Waals surface area contributed by atoms with Crippen LogP contribution in [0.2, 0.25) is 10.0 Å². The van der Waals surface area contributed by atoms with Crippen LogP contribution < -0.4 is 4.90 Å². The van der Waals surface area contributed by atoms with E-state index >= 15 is 0 Å². The maximum atomic E-state index is 13.9. The summed E-state index contributed by atoms with van der Waals surface area (Å²) < 4.78 is 0. The number of halogens is 2. The Kier molecular flexibility index (Phi) is 4.72. The SMILES string of the molecule is Cc1cccc(C)c1N1C(=O)[C@@H]2[C@H](C1=O)N1C(=O)CC(C)(C)N1[C@H]2c1c(Cl)cccc1Cl. The minimum atomic E-state index is -0.923. The zero-order valence-corrected chi connectivity index (χ0v) is 19.7. The van der Waals surface area contributed by atoms with Crippen molar-refractivity contribution in [2.75, 3.05) is 4.90 Å². The van der Waals surface area contributed by atoms with E-state index in [4.69, 9.17) is 23.2 Å². The fourth-order valence-corrected chi connectivity index (χ4v) is 6.23. The van der Waals surface area contributed by atoms with Crippen molar-refractivity contribution in [1.29, 1.82) is 0 Å². The number of hydrazine groups is 1. The Bertz CT molecular complexity index is 1150. The standard InChI is InChI=1S/C24H23Cl2N3O3/c1-12-7-5-8-13(2)19(12)27-22(31)18-20(17-14(25)9-6-10-15(17)26)29-24(3,4)11-16(30)28(29)21(18)23(27)32/h5-10,18,20-21H,11H2,1-4H3/t18-,20-,21+/m0/s1. The molecule has 0 spiro atoms. The van der Waals surface area contributed by atoms with Gasteiger partial charge in [0.05, 0.1) is 17.6 Å². The van der Waals surface area contributed by atoms with Crippen molar-refractivity contribution in [2.24, 2.45) is 5.92 Å². The van der Waals surface area contributed by atoms with Crippen LogP contribution in [-0.2, 0) is 14.4 Å². The van der Waals surface area contributed by atoms with Crippen LogP contribution in [0.1, 0.15) is 43.0 Å². The number of rotatable bonds is 2. The average molecular weight is 472 g/mol. The van der Waals surface area contributed by atoms with E-state index in [9.17, 15) is 14.4 Å². The highest BCUT2D eigenvalue weighted by Crippen LogP contribution is 2.56. The van der Waals surface area contributed by atoms with E-state index in [0.29, 0.717) is 21.3 Å². The first-order valence-electron chi connectivity index (χ1n) is 10.6. The number of carbonyl (C=O) groups excluding carboxylic acids is 3. The molecule has 0 aliphatic carbocycles. The van der Waals surface area contributed by atoms with Crippen LogP contribution in [0.25, 0.3) is 0 Å². The van der Waals surface area contributed by atoms with Crippen molar-refractivity contribution < 1.29 is 14.4 Å². The molecule has 0 saturated carbocycles. The van der Waals surface area contributed by atoms with Gasteiger partial charge in [0.25, 0.3) is 5.91 Å². The van der Waals surface area contributed by atoms with Gasteiger partial charge in [0.15, 0.2) is 0 Å². The molecular formula is C24H23Cl2N3O3. The van der Waals surface area contributed by atoms with E-state index < -0.39 is 23.5 Å². The third-order valence-electron chi connectivity index (χ3n) is 6.84. The van der Waals surface area contributed by atoms with Crippen LogP contribution in [0.15, 0.2) is 36.4 Å². The maximum Gasteiger partial charge on any atom is 0.259 e. The minimum absolute atomic E-state index is 0.180. The van der Waals surface area contributed by atoms with E-state index in [2.05, 4.69) is 0 Å². The molecule has 0 bridgehead atoms. The lowest BCUT2D eigenvalue weighted by Crippen LogP contribution is -2.50. The molecule has 0 N–H and O–H groups in total. The molecule has 3 heterocycles. The zero-order chi connectivity index (χ0) is 23.1. The first-order chi connectivity index (χ1) is 15.1. The highest BCUT2D eigenvalue weighted by Gasteiger charge is 2.68. The molecule has 0 unspecified atom stereocenters. The van der Waals surface area contributed by atoms with Crippen molar-refractivity contribution in [1.82, 2.24) is 10.0 Å². The summed E-state index contributed by atoms with van der Waals surface area (Å²) in [5, 5.41) is 4.16. The summed E-state index contributed by atoms with van der Waals surface area (Å²) in [6.07, 6.45) is 0.236. The Morgan fingerprint density at radius 2 is 1.44 bits per heavy atom. The third kappa shape index (κ3) is 2.73. The van der Waals surface area contributed by atoms with Crippen LogP contribution in [0.3, 0.4) is 0 Å². The quantitative estimate of drug-likeness (QED) is 0.606. The lowest BCUT2D eigenvalue weighted by atomic mass is 9.87. The van der Waals surface area contributed by atoms with Gasteiger partial charge in [-0.25, -0.2) is 9.91 Å². The number of fused-ring (bicyclic) bond motifs is 3. The summed E-state index contributed by atoms with van der Waals surface area (Å²) in [7, 11) is 0. The molecule has 3 amide bonds. The van der Waals surface area contributed by atoms with E-state index in [0.717, 1.165) is 11.1 Å². The molecule has 6 nitrogen and oxygen atoms in total. The number of para-hydroxylation sites is 1. The summed E-state index contributed by atoms with van der Waals surface area (Å²) >= 11 is 13.2. The van der Waals surface area contributed by atoms with Gasteiger partial charge in [-0.15, -0.1) is 0 Å². The molecule has 3 aliphatic rings. The van der Waals surface area contributed by atoms with Crippen LogP contribution in [-0.4, -0.2) is 39.3 Å². The van der Waals surface area contributed by atoms with Gasteiger partial charge < -0.3 is 0 Å². The van der Waals surface area contributed by atoms with Gasteiger partial charge >= 0.3 is 0 Å². The molecule has 3 aliphatic heterocycles. The van der Waals surface area contributed by atoms with E-state index in [1.807, 2.05) is 50.9 Å². The molecule has 3 saturated heterocycles. The second-order valence-corrected chi connectivity index (χ2v) is 10.2. The highest BCUT2D eigenvalue weighted by molar-refractivity contribution is 6.36. The van der Waals surface area contributed by atoms with Gasteiger partial charge in [0.1, 0.15) is 6.04 Å². The molecule has 2 aromatic carbocycles. The lowest BCUT2D eigenvalue weighted by molar-refractivity contribution is -0.146. The van der Waals surface area contributed by atoms with Crippen molar-refractivity contribution in [3.63, 3.8) is 0 Å².